The molecule has 0 saturated carbocycles. The Hall–Kier alpha value is -1.29. The monoisotopic (exact) mass is 181 g/mol. The lowest BCUT2D eigenvalue weighted by molar-refractivity contribution is 0.398. The van der Waals surface area contributed by atoms with Crippen molar-refractivity contribution in [1.29, 1.82) is 0 Å². The van der Waals surface area contributed by atoms with E-state index in [0.717, 1.165) is 12.2 Å². The first-order valence-electron chi connectivity index (χ1n) is 4.22. The van der Waals surface area contributed by atoms with Gasteiger partial charge < -0.3 is 15.8 Å². The summed E-state index contributed by atoms with van der Waals surface area (Å²) < 4.78 is 4.98. The lowest BCUT2D eigenvalue weighted by Gasteiger charge is -2.09. The average molecular weight is 181 g/mol. The van der Waals surface area contributed by atoms with Crippen LogP contribution in [0.4, 0.5) is 5.69 Å². The van der Waals surface area contributed by atoms with Crippen LogP contribution >= 0.6 is 0 Å². The van der Waals surface area contributed by atoms with Crippen LogP contribution in [-0.4, -0.2) is 24.7 Å². The van der Waals surface area contributed by atoms with Crippen LogP contribution in [0.3, 0.4) is 0 Å². The van der Waals surface area contributed by atoms with Crippen molar-refractivity contribution < 1.29 is 4.74 Å². The molecule has 13 heavy (non-hydrogen) atoms. The molecule has 0 aliphatic carbocycles. The zero-order valence-electron chi connectivity index (χ0n) is 7.95. The number of aromatic nitrogens is 1. The van der Waals surface area contributed by atoms with Gasteiger partial charge in [0.1, 0.15) is 0 Å². The third-order valence-electron chi connectivity index (χ3n) is 1.57. The molecule has 0 fully saturated rings. The molecule has 1 rings (SSSR count). The summed E-state index contributed by atoms with van der Waals surface area (Å²) in [5, 5.41) is 3.17. The van der Waals surface area contributed by atoms with Gasteiger partial charge in [0.05, 0.1) is 7.11 Å². The van der Waals surface area contributed by atoms with E-state index < -0.39 is 0 Å². The molecule has 0 aromatic carbocycles. The summed E-state index contributed by atoms with van der Waals surface area (Å²) in [7, 11) is 1.59. The molecule has 1 aromatic rings. The van der Waals surface area contributed by atoms with E-state index >= 15 is 0 Å². The highest BCUT2D eigenvalue weighted by Crippen LogP contribution is 2.12. The molecule has 1 atom stereocenters. The van der Waals surface area contributed by atoms with Crippen molar-refractivity contribution in [3.05, 3.63) is 18.3 Å². The molecule has 0 amide bonds. The molecule has 0 bridgehead atoms. The zero-order chi connectivity index (χ0) is 9.68. The number of nitrogens with one attached hydrogen (secondary N) is 1. The fourth-order valence-corrected chi connectivity index (χ4v) is 0.910. The van der Waals surface area contributed by atoms with Crippen LogP contribution in [0.2, 0.25) is 0 Å². The van der Waals surface area contributed by atoms with Crippen molar-refractivity contribution in [1.82, 2.24) is 4.98 Å². The van der Waals surface area contributed by atoms with Crippen LogP contribution in [0.25, 0.3) is 0 Å². The number of methoxy groups -OCH3 is 1. The molecule has 1 aromatic heterocycles. The molecule has 0 aliphatic heterocycles. The van der Waals surface area contributed by atoms with Crippen molar-refractivity contribution in [2.75, 3.05) is 19.0 Å². The maximum atomic E-state index is 5.60. The highest BCUT2D eigenvalue weighted by atomic mass is 16.5. The smallest absolute Gasteiger partial charge is 0.214 e. The highest BCUT2D eigenvalue weighted by molar-refractivity contribution is 5.44. The maximum Gasteiger partial charge on any atom is 0.214 e. The molecule has 0 spiro atoms. The lowest BCUT2D eigenvalue weighted by atomic mass is 10.3. The minimum absolute atomic E-state index is 0.138. The van der Waals surface area contributed by atoms with E-state index in [-0.39, 0.29) is 6.04 Å². The standard InChI is InChI=1S/C9H15N3O/c1-7(10)6-12-8-3-4-11-9(5-8)13-2/h3-5,7H,6,10H2,1-2H3,(H,11,12). The number of hydrogen-bond acceptors (Lipinski definition) is 4. The Morgan fingerprint density at radius 3 is 3.08 bits per heavy atom. The van der Waals surface area contributed by atoms with Crippen LogP contribution < -0.4 is 15.8 Å². The first-order valence-corrected chi connectivity index (χ1v) is 4.22. The summed E-state index contributed by atoms with van der Waals surface area (Å²) in [6.07, 6.45) is 1.70. The van der Waals surface area contributed by atoms with Gasteiger partial charge in [0.25, 0.3) is 0 Å². The fraction of sp³-hybridized carbons (Fsp3) is 0.444. The lowest BCUT2D eigenvalue weighted by Crippen LogP contribution is -2.25. The summed E-state index contributed by atoms with van der Waals surface area (Å²) in [4.78, 5) is 3.99. The Bertz CT molecular complexity index is 263. The Morgan fingerprint density at radius 2 is 2.46 bits per heavy atom. The van der Waals surface area contributed by atoms with Gasteiger partial charge in [-0.05, 0) is 13.0 Å². The van der Waals surface area contributed by atoms with E-state index in [1.807, 2.05) is 19.1 Å². The zero-order valence-corrected chi connectivity index (χ0v) is 7.95. The molecule has 4 heteroatoms. The molecule has 1 unspecified atom stereocenters. The molecular formula is C9H15N3O. The quantitative estimate of drug-likeness (QED) is 0.723. The first kappa shape index (κ1) is 9.80. The third kappa shape index (κ3) is 3.29. The topological polar surface area (TPSA) is 60.2 Å². The normalized spacial score (nSPS) is 12.2. The van der Waals surface area contributed by atoms with E-state index in [4.69, 9.17) is 10.5 Å². The molecule has 0 aliphatic rings. The van der Waals surface area contributed by atoms with Gasteiger partial charge in [0.2, 0.25) is 5.88 Å². The summed E-state index contributed by atoms with van der Waals surface area (Å²) in [6, 6.07) is 3.85. The second-order valence-corrected chi connectivity index (χ2v) is 2.95. The predicted octanol–water partition coefficient (Wildman–Crippen LogP) is 0.849. The Labute approximate surface area is 78.1 Å². The number of anilines is 1. The fourth-order valence-electron chi connectivity index (χ4n) is 0.910. The van der Waals surface area contributed by atoms with Crippen LogP contribution in [0, 0.1) is 0 Å². The second-order valence-electron chi connectivity index (χ2n) is 2.95. The predicted molar refractivity (Wildman–Crippen MR) is 52.9 cm³/mol. The molecular weight excluding hydrogens is 166 g/mol. The van der Waals surface area contributed by atoms with Gasteiger partial charge in [-0.25, -0.2) is 4.98 Å². The van der Waals surface area contributed by atoms with Gasteiger partial charge in [-0.2, -0.15) is 0 Å². The number of rotatable bonds is 4. The van der Waals surface area contributed by atoms with Crippen LogP contribution in [-0.2, 0) is 0 Å². The van der Waals surface area contributed by atoms with Gasteiger partial charge in [-0.3, -0.25) is 0 Å². The average Bonchev–Trinajstić information content (AvgIpc) is 2.15. The highest BCUT2D eigenvalue weighted by Gasteiger charge is 1.97. The summed E-state index contributed by atoms with van der Waals surface area (Å²) in [6.45, 7) is 2.69. The van der Waals surface area contributed by atoms with E-state index in [1.54, 1.807) is 13.3 Å². The first-order chi connectivity index (χ1) is 6.22. The van der Waals surface area contributed by atoms with Crippen molar-refractivity contribution in [2.24, 2.45) is 5.73 Å². The van der Waals surface area contributed by atoms with E-state index in [1.165, 1.54) is 0 Å². The van der Waals surface area contributed by atoms with Crippen molar-refractivity contribution >= 4 is 5.69 Å². The van der Waals surface area contributed by atoms with Crippen LogP contribution in [0.15, 0.2) is 18.3 Å². The van der Waals surface area contributed by atoms with E-state index in [0.29, 0.717) is 5.88 Å². The van der Waals surface area contributed by atoms with Gasteiger partial charge in [-0.1, -0.05) is 0 Å². The van der Waals surface area contributed by atoms with Crippen molar-refractivity contribution in [3.8, 4) is 5.88 Å². The van der Waals surface area contributed by atoms with Crippen molar-refractivity contribution in [3.63, 3.8) is 0 Å². The number of pyridine rings is 1. The largest absolute Gasteiger partial charge is 0.481 e. The Balaban J connectivity index is 2.56. The van der Waals surface area contributed by atoms with Gasteiger partial charge in [0, 0.05) is 30.5 Å². The summed E-state index contributed by atoms with van der Waals surface area (Å²) in [5.74, 6) is 0.606. The second kappa shape index (κ2) is 4.67. The van der Waals surface area contributed by atoms with Crippen molar-refractivity contribution in [2.45, 2.75) is 13.0 Å². The van der Waals surface area contributed by atoms with E-state index in [9.17, 15) is 0 Å². The van der Waals surface area contributed by atoms with Gasteiger partial charge in [0.15, 0.2) is 0 Å². The van der Waals surface area contributed by atoms with Gasteiger partial charge >= 0.3 is 0 Å². The molecule has 4 nitrogen and oxygen atoms in total. The summed E-state index contributed by atoms with van der Waals surface area (Å²) in [5.41, 5.74) is 6.58. The molecule has 1 heterocycles. The molecule has 3 N–H and O–H groups in total. The Kier molecular flexibility index (Phi) is 3.52. The molecule has 0 radical (unpaired) electrons. The van der Waals surface area contributed by atoms with Crippen LogP contribution in [0.5, 0.6) is 5.88 Å². The maximum absolute atomic E-state index is 5.60. The molecule has 0 saturated heterocycles. The number of ether oxygens (including phenoxy) is 1. The SMILES string of the molecule is COc1cc(NCC(C)N)ccn1. The summed E-state index contributed by atoms with van der Waals surface area (Å²) >= 11 is 0. The minimum atomic E-state index is 0.138. The van der Waals surface area contributed by atoms with Crippen LogP contribution in [0.1, 0.15) is 6.92 Å². The number of hydrogen-bond donors (Lipinski definition) is 2. The minimum Gasteiger partial charge on any atom is -0.481 e. The number of nitrogens with zero attached hydrogens (tertiary/aromatic N) is 1. The van der Waals surface area contributed by atoms with E-state index in [2.05, 4.69) is 10.3 Å². The number of nitrogens with two attached hydrogens (primary N) is 1. The third-order valence-corrected chi connectivity index (χ3v) is 1.57. The Morgan fingerprint density at radius 1 is 1.69 bits per heavy atom. The van der Waals surface area contributed by atoms with Gasteiger partial charge in [-0.15, -0.1) is 0 Å². The molecule has 72 valence electrons.